The molecular formula is C10H13N5O2S2. The minimum atomic E-state index is -3.63. The second-order valence-corrected chi connectivity index (χ2v) is 6.38. The summed E-state index contributed by atoms with van der Waals surface area (Å²) in [5, 5.41) is 16.7. The van der Waals surface area contributed by atoms with Gasteiger partial charge in [0.2, 0.25) is 20.3 Å². The standard InChI is InChI=1S/C10H13N5O2S2/c11-9-14-15-10(18-9)13-6-5-7-1-3-8(4-2-7)19(12,16)17/h1-4H,5-6H2,(H2,11,14)(H,13,15)(H2,12,16,17). The Morgan fingerprint density at radius 1 is 1.21 bits per heavy atom. The fraction of sp³-hybridized carbons (Fsp3) is 0.200. The number of nitrogens with one attached hydrogen (secondary N) is 1. The van der Waals surface area contributed by atoms with Gasteiger partial charge in [-0.25, -0.2) is 13.6 Å². The maximum absolute atomic E-state index is 11.1. The predicted octanol–water partition coefficient (Wildman–Crippen LogP) is 0.422. The summed E-state index contributed by atoms with van der Waals surface area (Å²) in [5.41, 5.74) is 6.45. The molecule has 0 saturated heterocycles. The highest BCUT2D eigenvalue weighted by atomic mass is 32.2. The molecule has 5 N–H and O–H groups in total. The lowest BCUT2D eigenvalue weighted by Crippen LogP contribution is -2.12. The van der Waals surface area contributed by atoms with Crippen molar-refractivity contribution in [2.24, 2.45) is 5.14 Å². The molecule has 102 valence electrons. The third-order valence-corrected chi connectivity index (χ3v) is 4.02. The topological polar surface area (TPSA) is 124 Å². The summed E-state index contributed by atoms with van der Waals surface area (Å²) in [4.78, 5) is 0.112. The molecule has 0 aliphatic heterocycles. The van der Waals surface area contributed by atoms with E-state index < -0.39 is 10.0 Å². The first-order chi connectivity index (χ1) is 8.95. The quantitative estimate of drug-likeness (QED) is 0.735. The van der Waals surface area contributed by atoms with Crippen LogP contribution >= 0.6 is 11.3 Å². The van der Waals surface area contributed by atoms with Gasteiger partial charge in [0.05, 0.1) is 4.90 Å². The third-order valence-electron chi connectivity index (χ3n) is 2.38. The van der Waals surface area contributed by atoms with Crippen LogP contribution < -0.4 is 16.2 Å². The number of hydrogen-bond acceptors (Lipinski definition) is 7. The number of aromatic nitrogens is 2. The molecule has 1 heterocycles. The fourth-order valence-electron chi connectivity index (χ4n) is 1.47. The van der Waals surface area contributed by atoms with E-state index in [1.165, 1.54) is 23.5 Å². The molecule has 7 nitrogen and oxygen atoms in total. The zero-order chi connectivity index (χ0) is 13.9. The molecule has 2 aromatic rings. The summed E-state index contributed by atoms with van der Waals surface area (Å²) in [7, 11) is -3.63. The van der Waals surface area contributed by atoms with Gasteiger partial charge in [-0.1, -0.05) is 23.5 Å². The Morgan fingerprint density at radius 2 is 1.89 bits per heavy atom. The number of sulfonamides is 1. The van der Waals surface area contributed by atoms with Crippen LogP contribution in [0.5, 0.6) is 0 Å². The summed E-state index contributed by atoms with van der Waals surface area (Å²) < 4.78 is 22.2. The largest absolute Gasteiger partial charge is 0.374 e. The van der Waals surface area contributed by atoms with E-state index in [1.54, 1.807) is 12.1 Å². The van der Waals surface area contributed by atoms with Crippen LogP contribution in [0.15, 0.2) is 29.2 Å². The molecular weight excluding hydrogens is 286 g/mol. The minimum Gasteiger partial charge on any atom is -0.374 e. The van der Waals surface area contributed by atoms with Crippen molar-refractivity contribution < 1.29 is 8.42 Å². The number of primary sulfonamides is 1. The first-order valence-electron chi connectivity index (χ1n) is 5.40. The number of rotatable bonds is 5. The monoisotopic (exact) mass is 299 g/mol. The van der Waals surface area contributed by atoms with E-state index in [0.29, 0.717) is 16.8 Å². The lowest BCUT2D eigenvalue weighted by molar-refractivity contribution is 0.598. The Kier molecular flexibility index (Phi) is 3.98. The molecule has 0 spiro atoms. The van der Waals surface area contributed by atoms with Gasteiger partial charge in [-0.05, 0) is 24.1 Å². The van der Waals surface area contributed by atoms with E-state index in [-0.39, 0.29) is 4.90 Å². The van der Waals surface area contributed by atoms with Gasteiger partial charge >= 0.3 is 0 Å². The lowest BCUT2D eigenvalue weighted by atomic mass is 10.1. The first-order valence-corrected chi connectivity index (χ1v) is 7.76. The van der Waals surface area contributed by atoms with Crippen LogP contribution in [0.4, 0.5) is 10.3 Å². The second kappa shape index (κ2) is 5.51. The van der Waals surface area contributed by atoms with Crippen molar-refractivity contribution in [1.82, 2.24) is 10.2 Å². The lowest BCUT2D eigenvalue weighted by Gasteiger charge is -2.03. The van der Waals surface area contributed by atoms with Crippen LogP contribution in [-0.4, -0.2) is 25.2 Å². The van der Waals surface area contributed by atoms with Gasteiger partial charge < -0.3 is 11.1 Å². The van der Waals surface area contributed by atoms with Crippen LogP contribution in [0.3, 0.4) is 0 Å². The van der Waals surface area contributed by atoms with Crippen molar-refractivity contribution in [3.63, 3.8) is 0 Å². The maximum Gasteiger partial charge on any atom is 0.238 e. The van der Waals surface area contributed by atoms with Crippen molar-refractivity contribution in [2.45, 2.75) is 11.3 Å². The van der Waals surface area contributed by atoms with Crippen LogP contribution in [-0.2, 0) is 16.4 Å². The van der Waals surface area contributed by atoms with E-state index in [4.69, 9.17) is 10.9 Å². The minimum absolute atomic E-state index is 0.112. The molecule has 0 bridgehead atoms. The Hall–Kier alpha value is -1.71. The SMILES string of the molecule is Nc1nnc(NCCc2ccc(S(N)(=O)=O)cc2)s1. The Morgan fingerprint density at radius 3 is 2.42 bits per heavy atom. The normalized spacial score (nSPS) is 11.4. The summed E-state index contributed by atoms with van der Waals surface area (Å²) in [6, 6.07) is 6.45. The summed E-state index contributed by atoms with van der Waals surface area (Å²) in [6.07, 6.45) is 0.727. The second-order valence-electron chi connectivity index (χ2n) is 3.81. The highest BCUT2D eigenvalue weighted by Gasteiger charge is 2.06. The van der Waals surface area contributed by atoms with E-state index in [2.05, 4.69) is 15.5 Å². The van der Waals surface area contributed by atoms with Gasteiger partial charge in [-0.2, -0.15) is 0 Å². The molecule has 0 unspecified atom stereocenters. The molecule has 0 amide bonds. The molecule has 1 aromatic heterocycles. The molecule has 1 aromatic carbocycles. The van der Waals surface area contributed by atoms with Gasteiger partial charge in [0.15, 0.2) is 0 Å². The first kappa shape index (κ1) is 13.7. The number of benzene rings is 1. The average Bonchev–Trinajstić information content (AvgIpc) is 2.75. The predicted molar refractivity (Wildman–Crippen MR) is 74.3 cm³/mol. The molecule has 0 fully saturated rings. The van der Waals surface area contributed by atoms with Crippen LogP contribution in [0, 0.1) is 0 Å². The molecule has 0 radical (unpaired) electrons. The van der Waals surface area contributed by atoms with Crippen molar-refractivity contribution in [2.75, 3.05) is 17.6 Å². The van der Waals surface area contributed by atoms with E-state index >= 15 is 0 Å². The highest BCUT2D eigenvalue weighted by Crippen LogP contribution is 2.16. The van der Waals surface area contributed by atoms with E-state index in [0.717, 1.165) is 12.0 Å². The summed E-state index contributed by atoms with van der Waals surface area (Å²) in [6.45, 7) is 0.656. The molecule has 2 rings (SSSR count). The summed E-state index contributed by atoms with van der Waals surface area (Å²) in [5.74, 6) is 0. The Balaban J connectivity index is 1.90. The van der Waals surface area contributed by atoms with Crippen molar-refractivity contribution >= 4 is 31.6 Å². The highest BCUT2D eigenvalue weighted by molar-refractivity contribution is 7.89. The summed E-state index contributed by atoms with van der Waals surface area (Å²) >= 11 is 1.28. The van der Waals surface area contributed by atoms with Gasteiger partial charge in [-0.3, -0.25) is 0 Å². The molecule has 0 saturated carbocycles. The zero-order valence-electron chi connectivity index (χ0n) is 9.91. The van der Waals surface area contributed by atoms with Gasteiger partial charge in [0.1, 0.15) is 0 Å². The van der Waals surface area contributed by atoms with E-state index in [9.17, 15) is 8.42 Å². The smallest absolute Gasteiger partial charge is 0.238 e. The fourth-order valence-corrected chi connectivity index (χ4v) is 2.52. The number of nitrogen functional groups attached to an aromatic ring is 1. The van der Waals surface area contributed by atoms with Gasteiger partial charge in [0.25, 0.3) is 0 Å². The van der Waals surface area contributed by atoms with Crippen LogP contribution in [0.2, 0.25) is 0 Å². The third kappa shape index (κ3) is 3.88. The molecule has 19 heavy (non-hydrogen) atoms. The number of nitrogens with two attached hydrogens (primary N) is 2. The number of hydrogen-bond donors (Lipinski definition) is 3. The molecule has 0 aliphatic rings. The molecule has 9 heteroatoms. The molecule has 0 aliphatic carbocycles. The maximum atomic E-state index is 11.1. The Bertz CT molecular complexity index is 651. The molecule has 0 atom stereocenters. The Labute approximate surface area is 114 Å². The van der Waals surface area contributed by atoms with Gasteiger partial charge in [-0.15, -0.1) is 10.2 Å². The van der Waals surface area contributed by atoms with Crippen LogP contribution in [0.1, 0.15) is 5.56 Å². The van der Waals surface area contributed by atoms with Crippen molar-refractivity contribution in [3.05, 3.63) is 29.8 Å². The average molecular weight is 299 g/mol. The number of nitrogens with zero attached hydrogens (tertiary/aromatic N) is 2. The van der Waals surface area contributed by atoms with Crippen molar-refractivity contribution in [1.29, 1.82) is 0 Å². The van der Waals surface area contributed by atoms with Gasteiger partial charge in [0, 0.05) is 6.54 Å². The van der Waals surface area contributed by atoms with E-state index in [1.807, 2.05) is 0 Å². The number of anilines is 2. The van der Waals surface area contributed by atoms with Crippen molar-refractivity contribution in [3.8, 4) is 0 Å². The van der Waals surface area contributed by atoms with Crippen LogP contribution in [0.25, 0.3) is 0 Å². The zero-order valence-corrected chi connectivity index (χ0v) is 11.5.